The molecule has 0 spiro atoms. The third-order valence-corrected chi connectivity index (χ3v) is 3.48. The first-order valence-corrected chi connectivity index (χ1v) is 6.73. The molecule has 1 unspecified atom stereocenters. The normalized spacial score (nSPS) is 19.7. The summed E-state index contributed by atoms with van der Waals surface area (Å²) in [6.07, 6.45) is 6.85. The molecule has 2 heterocycles. The Kier molecular flexibility index (Phi) is 4.18. The molecule has 1 aliphatic heterocycles. The zero-order valence-corrected chi connectivity index (χ0v) is 11.1. The van der Waals surface area contributed by atoms with E-state index in [9.17, 15) is 4.79 Å². The summed E-state index contributed by atoms with van der Waals surface area (Å²) >= 11 is 0. The molecule has 4 heteroatoms. The zero-order valence-electron chi connectivity index (χ0n) is 11.1. The van der Waals surface area contributed by atoms with E-state index in [1.54, 1.807) is 12.4 Å². The van der Waals surface area contributed by atoms with Gasteiger partial charge in [0.2, 0.25) is 0 Å². The number of aromatic nitrogens is 1. The van der Waals surface area contributed by atoms with E-state index < -0.39 is 0 Å². The van der Waals surface area contributed by atoms with Crippen LogP contribution < -0.4 is 5.32 Å². The third-order valence-electron chi connectivity index (χ3n) is 3.48. The number of pyridine rings is 1. The predicted octanol–water partition coefficient (Wildman–Crippen LogP) is 2.53. The minimum absolute atomic E-state index is 0.126. The van der Waals surface area contributed by atoms with Crippen molar-refractivity contribution in [1.82, 2.24) is 9.88 Å². The molecule has 2 rings (SSSR count). The van der Waals surface area contributed by atoms with Crippen LogP contribution in [0.15, 0.2) is 18.5 Å². The van der Waals surface area contributed by atoms with Gasteiger partial charge in [0.25, 0.3) is 5.91 Å². The zero-order chi connectivity index (χ0) is 13.0. The van der Waals surface area contributed by atoms with Crippen molar-refractivity contribution in [2.24, 2.45) is 0 Å². The Hall–Kier alpha value is -1.58. The highest BCUT2D eigenvalue weighted by molar-refractivity contribution is 5.99. The fourth-order valence-corrected chi connectivity index (χ4v) is 2.47. The Morgan fingerprint density at radius 1 is 1.56 bits per heavy atom. The van der Waals surface area contributed by atoms with Crippen molar-refractivity contribution in [3.63, 3.8) is 0 Å². The Morgan fingerprint density at radius 2 is 2.39 bits per heavy atom. The van der Waals surface area contributed by atoms with Crippen LogP contribution in [0.3, 0.4) is 0 Å². The highest BCUT2D eigenvalue weighted by Crippen LogP contribution is 2.22. The first-order valence-electron chi connectivity index (χ1n) is 6.73. The first-order chi connectivity index (χ1) is 8.74. The van der Waals surface area contributed by atoms with E-state index in [2.05, 4.69) is 17.2 Å². The van der Waals surface area contributed by atoms with E-state index in [0.717, 1.165) is 37.2 Å². The summed E-state index contributed by atoms with van der Waals surface area (Å²) in [5.74, 6) is 0.126. The Labute approximate surface area is 108 Å². The summed E-state index contributed by atoms with van der Waals surface area (Å²) in [7, 11) is 0. The maximum Gasteiger partial charge on any atom is 0.256 e. The molecular weight excluding hydrogens is 226 g/mol. The van der Waals surface area contributed by atoms with Gasteiger partial charge in [-0.2, -0.15) is 0 Å². The lowest BCUT2D eigenvalue weighted by Gasteiger charge is -2.33. The molecule has 1 N–H and O–H groups in total. The molecule has 1 fully saturated rings. The number of rotatable bonds is 3. The molecule has 4 nitrogen and oxygen atoms in total. The lowest BCUT2D eigenvalue weighted by molar-refractivity contribution is 0.0636. The SMILES string of the molecule is CCNc1cnccc1C(=O)N1CCCCC1C. The van der Waals surface area contributed by atoms with Crippen molar-refractivity contribution in [2.45, 2.75) is 39.2 Å². The molecule has 0 aromatic carbocycles. The van der Waals surface area contributed by atoms with Crippen LogP contribution in [-0.2, 0) is 0 Å². The number of carbonyl (C=O) groups is 1. The molecule has 0 saturated carbocycles. The Balaban J connectivity index is 2.22. The molecule has 0 aliphatic carbocycles. The second-order valence-electron chi connectivity index (χ2n) is 4.79. The van der Waals surface area contributed by atoms with Gasteiger partial charge in [-0.1, -0.05) is 0 Å². The van der Waals surface area contributed by atoms with Gasteiger partial charge in [-0.05, 0) is 39.2 Å². The van der Waals surface area contributed by atoms with Gasteiger partial charge in [-0.25, -0.2) is 0 Å². The Morgan fingerprint density at radius 3 is 3.11 bits per heavy atom. The van der Waals surface area contributed by atoms with Gasteiger partial charge in [-0.15, -0.1) is 0 Å². The average molecular weight is 247 g/mol. The summed E-state index contributed by atoms with van der Waals surface area (Å²) < 4.78 is 0. The van der Waals surface area contributed by atoms with Crippen molar-refractivity contribution >= 4 is 11.6 Å². The number of likely N-dealkylation sites (tertiary alicyclic amines) is 1. The topological polar surface area (TPSA) is 45.2 Å². The van der Waals surface area contributed by atoms with Gasteiger partial charge < -0.3 is 10.2 Å². The predicted molar refractivity (Wildman–Crippen MR) is 72.8 cm³/mol. The van der Waals surface area contributed by atoms with Crippen molar-refractivity contribution in [3.8, 4) is 0 Å². The van der Waals surface area contributed by atoms with Gasteiger partial charge in [0.05, 0.1) is 17.4 Å². The van der Waals surface area contributed by atoms with Crippen LogP contribution >= 0.6 is 0 Å². The molecule has 1 amide bonds. The fourth-order valence-electron chi connectivity index (χ4n) is 2.47. The summed E-state index contributed by atoms with van der Waals surface area (Å²) in [5.41, 5.74) is 1.57. The molecule has 1 saturated heterocycles. The maximum absolute atomic E-state index is 12.6. The van der Waals surface area contributed by atoms with Crippen molar-refractivity contribution < 1.29 is 4.79 Å². The average Bonchev–Trinajstić information content (AvgIpc) is 2.40. The summed E-state index contributed by atoms with van der Waals surface area (Å²) in [6, 6.07) is 2.15. The van der Waals surface area contributed by atoms with Crippen LogP contribution in [0.25, 0.3) is 0 Å². The van der Waals surface area contributed by atoms with E-state index in [1.165, 1.54) is 6.42 Å². The van der Waals surface area contributed by atoms with Gasteiger partial charge in [0.15, 0.2) is 0 Å². The number of nitrogens with one attached hydrogen (secondary N) is 1. The number of nitrogens with zero attached hydrogens (tertiary/aromatic N) is 2. The van der Waals surface area contributed by atoms with E-state index in [-0.39, 0.29) is 5.91 Å². The highest BCUT2D eigenvalue weighted by atomic mass is 16.2. The van der Waals surface area contributed by atoms with E-state index in [0.29, 0.717) is 6.04 Å². The molecule has 0 bridgehead atoms. The summed E-state index contributed by atoms with van der Waals surface area (Å²) in [5, 5.41) is 3.20. The number of anilines is 1. The van der Waals surface area contributed by atoms with Crippen LogP contribution in [0.1, 0.15) is 43.5 Å². The molecule has 1 aromatic heterocycles. The standard InChI is InChI=1S/C14H21N3O/c1-3-16-13-10-15-8-7-12(13)14(18)17-9-5-4-6-11(17)2/h7-8,10-11,16H,3-6,9H2,1-2H3. The van der Waals surface area contributed by atoms with Crippen molar-refractivity contribution in [2.75, 3.05) is 18.4 Å². The van der Waals surface area contributed by atoms with E-state index >= 15 is 0 Å². The molecule has 98 valence electrons. The quantitative estimate of drug-likeness (QED) is 0.892. The highest BCUT2D eigenvalue weighted by Gasteiger charge is 2.25. The molecule has 1 atom stereocenters. The second kappa shape index (κ2) is 5.85. The molecule has 18 heavy (non-hydrogen) atoms. The van der Waals surface area contributed by atoms with Crippen LogP contribution in [0.4, 0.5) is 5.69 Å². The van der Waals surface area contributed by atoms with Crippen molar-refractivity contribution in [1.29, 1.82) is 0 Å². The van der Waals surface area contributed by atoms with Gasteiger partial charge in [0.1, 0.15) is 0 Å². The second-order valence-corrected chi connectivity index (χ2v) is 4.79. The number of hydrogen-bond donors (Lipinski definition) is 1. The number of carbonyl (C=O) groups excluding carboxylic acids is 1. The van der Waals surface area contributed by atoms with E-state index in [1.807, 2.05) is 17.9 Å². The van der Waals surface area contributed by atoms with Crippen LogP contribution in [0, 0.1) is 0 Å². The maximum atomic E-state index is 12.6. The first kappa shape index (κ1) is 12.9. The lowest BCUT2D eigenvalue weighted by Crippen LogP contribution is -2.42. The summed E-state index contributed by atoms with van der Waals surface area (Å²) in [6.45, 7) is 5.81. The third kappa shape index (κ3) is 2.63. The monoisotopic (exact) mass is 247 g/mol. The molecular formula is C14H21N3O. The fraction of sp³-hybridized carbons (Fsp3) is 0.571. The van der Waals surface area contributed by atoms with Gasteiger partial charge >= 0.3 is 0 Å². The van der Waals surface area contributed by atoms with Crippen LogP contribution in [-0.4, -0.2) is 34.9 Å². The molecule has 1 aliphatic rings. The van der Waals surface area contributed by atoms with Crippen molar-refractivity contribution in [3.05, 3.63) is 24.0 Å². The van der Waals surface area contributed by atoms with Crippen LogP contribution in [0.5, 0.6) is 0 Å². The lowest BCUT2D eigenvalue weighted by atomic mass is 10.0. The smallest absolute Gasteiger partial charge is 0.256 e. The Bertz CT molecular complexity index is 419. The number of hydrogen-bond acceptors (Lipinski definition) is 3. The minimum Gasteiger partial charge on any atom is -0.383 e. The van der Waals surface area contributed by atoms with Gasteiger partial charge in [-0.3, -0.25) is 9.78 Å². The van der Waals surface area contributed by atoms with Gasteiger partial charge in [0, 0.05) is 25.3 Å². The van der Waals surface area contributed by atoms with E-state index in [4.69, 9.17) is 0 Å². The molecule has 0 radical (unpaired) electrons. The molecule has 1 aromatic rings. The number of amides is 1. The van der Waals surface area contributed by atoms with Crippen LogP contribution in [0.2, 0.25) is 0 Å². The number of piperidine rings is 1. The minimum atomic E-state index is 0.126. The largest absolute Gasteiger partial charge is 0.383 e. The summed E-state index contributed by atoms with van der Waals surface area (Å²) in [4.78, 5) is 18.6.